The van der Waals surface area contributed by atoms with E-state index in [4.69, 9.17) is 11.6 Å². The summed E-state index contributed by atoms with van der Waals surface area (Å²) in [6.45, 7) is 0. The third-order valence-corrected chi connectivity index (χ3v) is 2.95. The van der Waals surface area contributed by atoms with Crippen LogP contribution in [-0.4, -0.2) is 29.6 Å². The molecule has 2 nitrogen and oxygen atoms in total. The topological polar surface area (TPSA) is 6.48 Å². The van der Waals surface area contributed by atoms with Gasteiger partial charge in [-0.25, -0.2) is 5.01 Å². The van der Waals surface area contributed by atoms with Gasteiger partial charge in [-0.3, -0.25) is 0 Å². The van der Waals surface area contributed by atoms with Crippen molar-refractivity contribution >= 4 is 17.3 Å². The number of hydrazine groups is 1. The van der Waals surface area contributed by atoms with Crippen molar-refractivity contribution in [2.75, 3.05) is 14.1 Å². The number of alkyl halides is 1. The van der Waals surface area contributed by atoms with E-state index in [2.05, 4.69) is 23.2 Å². The predicted octanol–water partition coefficient (Wildman–Crippen LogP) is 2.38. The second-order valence-electron chi connectivity index (χ2n) is 3.39. The van der Waals surface area contributed by atoms with Crippen LogP contribution in [-0.2, 0) is 0 Å². The van der Waals surface area contributed by atoms with Crippen LogP contribution in [0.3, 0.4) is 0 Å². The fraction of sp³-hybridized carbons (Fsp3) is 0.273. The monoisotopic (exact) mass is 208 g/mol. The van der Waals surface area contributed by atoms with Crippen LogP contribution in [0.5, 0.6) is 0 Å². The molecule has 0 saturated carbocycles. The molecule has 0 saturated heterocycles. The summed E-state index contributed by atoms with van der Waals surface area (Å²) in [5, 5.41) is 4.05. The normalized spacial score (nSPS) is 22.6. The van der Waals surface area contributed by atoms with Gasteiger partial charge in [0.05, 0.1) is 5.70 Å². The largest absolute Gasteiger partial charge is 0.307 e. The molecule has 0 fully saturated rings. The van der Waals surface area contributed by atoms with Gasteiger partial charge in [-0.05, 0) is 11.6 Å². The summed E-state index contributed by atoms with van der Waals surface area (Å²) in [7, 11) is 3.99. The predicted molar refractivity (Wildman–Crippen MR) is 59.6 cm³/mol. The highest BCUT2D eigenvalue weighted by Crippen LogP contribution is 2.28. The van der Waals surface area contributed by atoms with Gasteiger partial charge >= 0.3 is 0 Å². The highest BCUT2D eigenvalue weighted by Gasteiger charge is 2.24. The molecule has 1 aromatic carbocycles. The SMILES string of the molecule is CN1C(c2ccccc2)=CC(Cl)N1C. The van der Waals surface area contributed by atoms with Crippen molar-refractivity contribution in [3.8, 4) is 0 Å². The zero-order chi connectivity index (χ0) is 10.1. The van der Waals surface area contributed by atoms with Gasteiger partial charge in [0.25, 0.3) is 0 Å². The van der Waals surface area contributed by atoms with Crippen LogP contribution in [0.25, 0.3) is 5.70 Å². The molecule has 1 heterocycles. The number of hydrogen-bond donors (Lipinski definition) is 0. The minimum Gasteiger partial charge on any atom is -0.307 e. The number of nitrogens with zero attached hydrogens (tertiary/aromatic N) is 2. The molecule has 1 aromatic rings. The lowest BCUT2D eigenvalue weighted by molar-refractivity contribution is 0.113. The van der Waals surface area contributed by atoms with Crippen molar-refractivity contribution in [1.29, 1.82) is 0 Å². The molecule has 1 aliphatic heterocycles. The van der Waals surface area contributed by atoms with E-state index in [0.29, 0.717) is 0 Å². The standard InChI is InChI=1S/C11H13ClN2/c1-13-10(8-11(12)14(13)2)9-6-4-3-5-7-9/h3-8,11H,1-2H3. The van der Waals surface area contributed by atoms with Gasteiger partial charge < -0.3 is 5.01 Å². The number of hydrogen-bond acceptors (Lipinski definition) is 2. The van der Waals surface area contributed by atoms with Gasteiger partial charge in [-0.15, -0.1) is 0 Å². The Morgan fingerprint density at radius 2 is 1.79 bits per heavy atom. The smallest absolute Gasteiger partial charge is 0.123 e. The molecular weight excluding hydrogens is 196 g/mol. The van der Waals surface area contributed by atoms with E-state index in [1.807, 2.05) is 37.3 Å². The first kappa shape index (κ1) is 9.56. The van der Waals surface area contributed by atoms with Crippen molar-refractivity contribution in [1.82, 2.24) is 10.0 Å². The Labute approximate surface area is 89.4 Å². The highest BCUT2D eigenvalue weighted by molar-refractivity contribution is 6.22. The van der Waals surface area contributed by atoms with Crippen LogP contribution in [0.15, 0.2) is 36.4 Å². The first-order valence-corrected chi connectivity index (χ1v) is 5.01. The number of halogens is 1. The van der Waals surface area contributed by atoms with Gasteiger partial charge in [0, 0.05) is 14.1 Å². The highest BCUT2D eigenvalue weighted by atomic mass is 35.5. The molecule has 1 aliphatic rings. The van der Waals surface area contributed by atoms with Gasteiger partial charge in [0.2, 0.25) is 0 Å². The number of likely N-dealkylation sites (N-methyl/N-ethyl adjacent to an activating group) is 1. The molecule has 0 aliphatic carbocycles. The van der Waals surface area contributed by atoms with Crippen molar-refractivity contribution in [3.05, 3.63) is 42.0 Å². The summed E-state index contributed by atoms with van der Waals surface area (Å²) in [5.41, 5.74) is 2.31. The maximum absolute atomic E-state index is 6.11. The lowest BCUT2D eigenvalue weighted by Crippen LogP contribution is -2.33. The van der Waals surface area contributed by atoms with Gasteiger partial charge in [0.1, 0.15) is 5.50 Å². The first-order chi connectivity index (χ1) is 6.70. The number of rotatable bonds is 1. The average Bonchev–Trinajstić information content (AvgIpc) is 2.47. The van der Waals surface area contributed by atoms with Gasteiger partial charge in [-0.2, -0.15) is 0 Å². The Morgan fingerprint density at radius 3 is 2.29 bits per heavy atom. The second-order valence-corrected chi connectivity index (χ2v) is 3.84. The first-order valence-electron chi connectivity index (χ1n) is 4.58. The minimum atomic E-state index is -0.0461. The second kappa shape index (κ2) is 3.64. The van der Waals surface area contributed by atoms with E-state index in [1.165, 1.54) is 5.56 Å². The average molecular weight is 209 g/mol. The summed E-state index contributed by atoms with van der Waals surface area (Å²) in [6, 6.07) is 10.3. The fourth-order valence-corrected chi connectivity index (χ4v) is 1.82. The van der Waals surface area contributed by atoms with E-state index < -0.39 is 0 Å². The zero-order valence-electron chi connectivity index (χ0n) is 8.31. The third kappa shape index (κ3) is 1.51. The summed E-state index contributed by atoms with van der Waals surface area (Å²) in [6.07, 6.45) is 2.05. The van der Waals surface area contributed by atoms with E-state index in [1.54, 1.807) is 0 Å². The molecule has 0 amide bonds. The number of benzene rings is 1. The lowest BCUT2D eigenvalue weighted by Gasteiger charge is -2.26. The Bertz CT molecular complexity index is 348. The molecule has 0 radical (unpaired) electrons. The third-order valence-electron chi connectivity index (χ3n) is 2.54. The fourth-order valence-electron chi connectivity index (χ4n) is 1.57. The van der Waals surface area contributed by atoms with Gasteiger partial charge in [0.15, 0.2) is 0 Å². The minimum absolute atomic E-state index is 0.0461. The van der Waals surface area contributed by atoms with E-state index in [0.717, 1.165) is 5.70 Å². The van der Waals surface area contributed by atoms with Crippen LogP contribution >= 0.6 is 11.6 Å². The molecule has 0 spiro atoms. The molecule has 2 rings (SSSR count). The van der Waals surface area contributed by atoms with Crippen molar-refractivity contribution in [2.45, 2.75) is 5.50 Å². The molecule has 14 heavy (non-hydrogen) atoms. The van der Waals surface area contributed by atoms with Crippen molar-refractivity contribution < 1.29 is 0 Å². The molecule has 0 aromatic heterocycles. The lowest BCUT2D eigenvalue weighted by atomic mass is 10.1. The summed E-state index contributed by atoms with van der Waals surface area (Å²) >= 11 is 6.11. The van der Waals surface area contributed by atoms with Crippen LogP contribution in [0.2, 0.25) is 0 Å². The molecular formula is C11H13ClN2. The quantitative estimate of drug-likeness (QED) is 0.517. The Kier molecular flexibility index (Phi) is 2.48. The zero-order valence-corrected chi connectivity index (χ0v) is 9.07. The van der Waals surface area contributed by atoms with Crippen LogP contribution in [0.1, 0.15) is 5.56 Å². The summed E-state index contributed by atoms with van der Waals surface area (Å²) in [5.74, 6) is 0. The van der Waals surface area contributed by atoms with Crippen LogP contribution in [0, 0.1) is 0 Å². The molecule has 3 heteroatoms. The summed E-state index contributed by atoms with van der Waals surface area (Å²) < 4.78 is 0. The maximum Gasteiger partial charge on any atom is 0.123 e. The Hall–Kier alpha value is -0.990. The van der Waals surface area contributed by atoms with E-state index in [9.17, 15) is 0 Å². The molecule has 0 N–H and O–H groups in total. The Balaban J connectivity index is 2.33. The van der Waals surface area contributed by atoms with Crippen molar-refractivity contribution in [2.24, 2.45) is 0 Å². The van der Waals surface area contributed by atoms with Crippen LogP contribution in [0.4, 0.5) is 0 Å². The maximum atomic E-state index is 6.11. The van der Waals surface area contributed by atoms with Crippen molar-refractivity contribution in [3.63, 3.8) is 0 Å². The molecule has 0 bridgehead atoms. The van der Waals surface area contributed by atoms with Gasteiger partial charge in [-0.1, -0.05) is 41.9 Å². The van der Waals surface area contributed by atoms with E-state index >= 15 is 0 Å². The molecule has 1 atom stereocenters. The van der Waals surface area contributed by atoms with E-state index in [-0.39, 0.29) is 5.50 Å². The molecule has 74 valence electrons. The van der Waals surface area contributed by atoms with Crippen LogP contribution < -0.4 is 0 Å². The molecule has 1 unspecified atom stereocenters. The Morgan fingerprint density at radius 1 is 1.14 bits per heavy atom. The summed E-state index contributed by atoms with van der Waals surface area (Å²) in [4.78, 5) is 0.